The van der Waals surface area contributed by atoms with Crippen LogP contribution in [0.2, 0.25) is 0 Å². The minimum atomic E-state index is -4.98. The second-order valence-electron chi connectivity index (χ2n) is 7.98. The molecule has 2 aromatic heterocycles. The van der Waals surface area contributed by atoms with Gasteiger partial charge in [0.15, 0.2) is 0 Å². The number of nitrogens with zero attached hydrogens (tertiary/aromatic N) is 6. The molecule has 0 unspecified atom stereocenters. The Bertz CT molecular complexity index is 1480. The van der Waals surface area contributed by atoms with Gasteiger partial charge in [0.25, 0.3) is 6.36 Å². The summed E-state index contributed by atoms with van der Waals surface area (Å²) in [4.78, 5) is 18.3. The van der Waals surface area contributed by atoms with E-state index in [1.54, 1.807) is 0 Å². The summed E-state index contributed by atoms with van der Waals surface area (Å²) in [6.45, 7) is 2.33. The molecular weight excluding hydrogens is 531 g/mol. The van der Waals surface area contributed by atoms with E-state index in [-0.39, 0.29) is 16.3 Å². The molecule has 194 valence electrons. The van der Waals surface area contributed by atoms with Gasteiger partial charge in [-0.1, -0.05) is 6.07 Å². The second kappa shape index (κ2) is 7.52. The summed E-state index contributed by atoms with van der Waals surface area (Å²) in [6.07, 6.45) is -4.22. The second-order valence-corrected chi connectivity index (χ2v) is 9.42. The van der Waals surface area contributed by atoms with Crippen LogP contribution in [-0.2, 0) is 29.4 Å². The summed E-state index contributed by atoms with van der Waals surface area (Å²) in [5, 5.41) is 20.8. The number of aryl methyl sites for hydroxylation is 1. The van der Waals surface area contributed by atoms with E-state index in [1.807, 2.05) is 6.92 Å². The van der Waals surface area contributed by atoms with Crippen LogP contribution in [0.25, 0.3) is 22.6 Å². The number of phosphoric ester groups is 1. The van der Waals surface area contributed by atoms with Gasteiger partial charge in [-0.15, -0.1) is 10.2 Å². The maximum absolute atomic E-state index is 15.1. The van der Waals surface area contributed by atoms with Gasteiger partial charge in [-0.05, 0) is 36.4 Å². The Kier molecular flexibility index (Phi) is 4.85. The lowest BCUT2D eigenvalue weighted by molar-refractivity contribution is -0.362. The third-order valence-electron chi connectivity index (χ3n) is 5.82. The van der Waals surface area contributed by atoms with E-state index < -0.39 is 49.4 Å². The van der Waals surface area contributed by atoms with Crippen molar-refractivity contribution in [2.24, 2.45) is 0 Å². The van der Waals surface area contributed by atoms with Crippen LogP contribution in [0.4, 0.5) is 28.0 Å². The first kappa shape index (κ1) is 23.9. The number of aromatic nitrogens is 5. The molecule has 0 radical (unpaired) electrons. The Morgan fingerprint density at radius 1 is 1.22 bits per heavy atom. The molecule has 4 saturated heterocycles. The highest BCUT2D eigenvalue weighted by molar-refractivity contribution is 7.50. The number of alkyl halides is 3. The normalized spacial score (nSPS) is 29.1. The van der Waals surface area contributed by atoms with E-state index >= 15 is 4.39 Å². The molecule has 2 bridgehead atoms. The molecule has 7 rings (SSSR count). The molecule has 1 spiro atoms. The zero-order chi connectivity index (χ0) is 26.4. The molecule has 0 aliphatic carbocycles. The molecule has 18 heteroatoms. The van der Waals surface area contributed by atoms with Gasteiger partial charge in [0, 0.05) is 17.3 Å². The number of amides is 1. The van der Waals surface area contributed by atoms with Crippen LogP contribution in [-0.4, -0.2) is 60.4 Å². The molecule has 3 aromatic rings. The fourth-order valence-corrected chi connectivity index (χ4v) is 5.78. The lowest BCUT2D eigenvalue weighted by Crippen LogP contribution is -2.68. The predicted molar refractivity (Wildman–Crippen MR) is 109 cm³/mol. The topological polar surface area (TPSA) is 151 Å². The Hall–Kier alpha value is -3.50. The van der Waals surface area contributed by atoms with E-state index in [2.05, 4.69) is 29.7 Å². The number of hydrogen-bond acceptors (Lipinski definition) is 11. The van der Waals surface area contributed by atoms with E-state index in [1.165, 1.54) is 29.2 Å². The Balaban J connectivity index is 1.34. The van der Waals surface area contributed by atoms with E-state index in [0.717, 1.165) is 12.1 Å². The number of carbonyl (C=O) groups is 1. The van der Waals surface area contributed by atoms with Crippen LogP contribution in [0.15, 0.2) is 36.5 Å². The van der Waals surface area contributed by atoms with Crippen molar-refractivity contribution in [1.29, 1.82) is 0 Å². The Morgan fingerprint density at radius 3 is 2.57 bits per heavy atom. The SMILES string of the molecule is CCn1nnc(-c2ccc(-c3ccc(N4C(=O)O[C@]5(C(F)(F)[C@@H](O)F)OP6(=O)OC45O6)cc3F)cn2)n1. The molecule has 1 amide bonds. The molecule has 6 heterocycles. The first-order valence-corrected chi connectivity index (χ1v) is 11.9. The third-order valence-corrected chi connectivity index (χ3v) is 7.25. The van der Waals surface area contributed by atoms with Gasteiger partial charge in [-0.25, -0.2) is 36.6 Å². The minimum absolute atomic E-state index is 0.00222. The summed E-state index contributed by atoms with van der Waals surface area (Å²) in [5.41, 5.74) is 0.220. The molecule has 13 nitrogen and oxygen atoms in total. The van der Waals surface area contributed by atoms with Crippen LogP contribution in [0.3, 0.4) is 0 Å². The number of aliphatic hydroxyl groups is 1. The summed E-state index contributed by atoms with van der Waals surface area (Å²) < 4.78 is 88.7. The average molecular weight is 544 g/mol. The number of rotatable bonds is 6. The number of aliphatic hydroxyl groups excluding tert-OH is 1. The number of hydrogen-bond donors (Lipinski definition) is 1. The molecule has 2 atom stereocenters. The fourth-order valence-electron chi connectivity index (χ4n) is 4.10. The van der Waals surface area contributed by atoms with Crippen molar-refractivity contribution in [3.05, 3.63) is 42.3 Å². The minimum Gasteiger partial charge on any atom is -0.401 e. The quantitative estimate of drug-likeness (QED) is 0.360. The maximum atomic E-state index is 15.1. The zero-order valence-corrected chi connectivity index (χ0v) is 19.2. The number of pyridine rings is 1. The average Bonchev–Trinajstić information content (AvgIpc) is 3.53. The standard InChI is InChI=1S/C19H13F4N6O7P/c1-2-28-26-14(25-27-28)13-6-3-9(8-24-13)11-5-4-10(7-12(11)20)29-16(31)33-18(17(22,23)15(21)30)19(29)35-37(32,34-18)36-19/h3-8,15,30H,2H2,1H3/t15-,18-,19?,37?/m1/s1. The first-order chi connectivity index (χ1) is 17.5. The molecule has 4 aliphatic heterocycles. The van der Waals surface area contributed by atoms with Gasteiger partial charge in [0.05, 0.1) is 12.2 Å². The van der Waals surface area contributed by atoms with E-state index in [0.29, 0.717) is 17.8 Å². The van der Waals surface area contributed by atoms with Crippen molar-refractivity contribution in [2.45, 2.75) is 37.4 Å². The highest BCUT2D eigenvalue weighted by atomic mass is 31.2. The molecular formula is C19H13F4N6O7P. The number of phosphoric acid groups is 1. The highest BCUT2D eigenvalue weighted by Gasteiger charge is 2.97. The summed E-state index contributed by atoms with van der Waals surface area (Å²) in [6, 6.07) is 6.10. The summed E-state index contributed by atoms with van der Waals surface area (Å²) >= 11 is 0. The van der Waals surface area contributed by atoms with Crippen LogP contribution < -0.4 is 4.90 Å². The van der Waals surface area contributed by atoms with Gasteiger partial charge >= 0.3 is 31.5 Å². The number of ether oxygens (including phenoxy) is 1. The van der Waals surface area contributed by atoms with Gasteiger partial charge < -0.3 is 9.84 Å². The molecule has 37 heavy (non-hydrogen) atoms. The van der Waals surface area contributed by atoms with Crippen molar-refractivity contribution in [1.82, 2.24) is 25.2 Å². The fraction of sp³-hybridized carbons (Fsp3) is 0.316. The van der Waals surface area contributed by atoms with Crippen molar-refractivity contribution in [3.8, 4) is 22.6 Å². The van der Waals surface area contributed by atoms with E-state index in [9.17, 15) is 22.5 Å². The lowest BCUT2D eigenvalue weighted by Gasteiger charge is -2.40. The van der Waals surface area contributed by atoms with Crippen molar-refractivity contribution in [3.63, 3.8) is 0 Å². The number of benzene rings is 1. The van der Waals surface area contributed by atoms with Gasteiger partial charge in [-0.2, -0.15) is 13.6 Å². The largest absolute Gasteiger partial charge is 0.487 e. The van der Waals surface area contributed by atoms with E-state index in [4.69, 9.17) is 14.2 Å². The van der Waals surface area contributed by atoms with Crippen LogP contribution >= 0.6 is 7.82 Å². The summed E-state index contributed by atoms with van der Waals surface area (Å²) in [7, 11) is -4.67. The van der Waals surface area contributed by atoms with Gasteiger partial charge in [0.1, 0.15) is 11.5 Å². The molecule has 0 saturated carbocycles. The van der Waals surface area contributed by atoms with Crippen molar-refractivity contribution in [2.75, 3.05) is 4.90 Å². The monoisotopic (exact) mass is 544 g/mol. The third kappa shape index (κ3) is 3.05. The van der Waals surface area contributed by atoms with Crippen molar-refractivity contribution >= 4 is 19.6 Å². The number of carbonyl (C=O) groups excluding carboxylic acids is 1. The molecule has 4 fully saturated rings. The number of anilines is 1. The molecule has 4 aliphatic rings. The summed E-state index contributed by atoms with van der Waals surface area (Å²) in [5.74, 6) is -12.5. The lowest BCUT2D eigenvalue weighted by atomic mass is 10.0. The van der Waals surface area contributed by atoms with Crippen molar-refractivity contribution < 1.29 is 50.3 Å². The molecule has 1 aromatic carbocycles. The maximum Gasteiger partial charge on any atom is 0.487 e. The smallest absolute Gasteiger partial charge is 0.401 e. The zero-order valence-electron chi connectivity index (χ0n) is 18.3. The van der Waals surface area contributed by atoms with Crippen LogP contribution in [0.5, 0.6) is 0 Å². The number of tetrazole rings is 1. The predicted octanol–water partition coefficient (Wildman–Crippen LogP) is 2.98. The molecule has 1 N–H and O–H groups in total. The first-order valence-electron chi connectivity index (χ1n) is 10.4. The van der Waals surface area contributed by atoms with Crippen LogP contribution in [0, 0.1) is 5.82 Å². The van der Waals surface area contributed by atoms with Gasteiger partial charge in [0.2, 0.25) is 5.82 Å². The Morgan fingerprint density at radius 2 is 1.97 bits per heavy atom. The Labute approximate surface area is 203 Å². The van der Waals surface area contributed by atoms with Gasteiger partial charge in [-0.3, -0.25) is 4.98 Å². The van der Waals surface area contributed by atoms with Crippen LogP contribution in [0.1, 0.15) is 6.92 Å². The number of halogens is 4. The highest BCUT2D eigenvalue weighted by Crippen LogP contribution is 2.82.